The molecule has 1 aliphatic heterocycles. The second-order valence-corrected chi connectivity index (χ2v) is 4.42. The number of pyridine rings is 1. The van der Waals surface area contributed by atoms with Crippen molar-refractivity contribution in [1.29, 1.82) is 0 Å². The van der Waals surface area contributed by atoms with E-state index in [2.05, 4.69) is 16.0 Å². The molecule has 0 atom stereocenters. The van der Waals surface area contributed by atoms with Gasteiger partial charge in [-0.1, -0.05) is 13.0 Å². The van der Waals surface area contributed by atoms with E-state index in [1.165, 1.54) is 5.56 Å². The molecule has 0 aromatic carbocycles. The van der Waals surface area contributed by atoms with Gasteiger partial charge in [-0.25, -0.2) is 4.98 Å². The second kappa shape index (κ2) is 5.17. The number of hydrogen-bond donors (Lipinski definition) is 0. The molecule has 0 saturated carbocycles. The molecule has 2 heterocycles. The van der Waals surface area contributed by atoms with Crippen LogP contribution in [-0.4, -0.2) is 42.0 Å². The Bertz CT molecular complexity index is 380. The van der Waals surface area contributed by atoms with E-state index in [4.69, 9.17) is 0 Å². The van der Waals surface area contributed by atoms with Crippen LogP contribution in [0.15, 0.2) is 18.3 Å². The van der Waals surface area contributed by atoms with Crippen molar-refractivity contribution < 1.29 is 4.79 Å². The average Bonchev–Trinajstić information content (AvgIpc) is 2.39. The van der Waals surface area contributed by atoms with Gasteiger partial charge in [0, 0.05) is 38.8 Å². The first kappa shape index (κ1) is 11.9. The van der Waals surface area contributed by atoms with Crippen molar-refractivity contribution in [3.8, 4) is 0 Å². The quantitative estimate of drug-likeness (QED) is 0.775. The topological polar surface area (TPSA) is 36.4 Å². The Kier molecular flexibility index (Phi) is 3.61. The Labute approximate surface area is 102 Å². The van der Waals surface area contributed by atoms with Crippen LogP contribution in [0.4, 0.5) is 5.82 Å². The summed E-state index contributed by atoms with van der Waals surface area (Å²) in [5, 5.41) is 0. The molecule has 17 heavy (non-hydrogen) atoms. The van der Waals surface area contributed by atoms with Crippen molar-refractivity contribution in [1.82, 2.24) is 9.88 Å². The van der Waals surface area contributed by atoms with Gasteiger partial charge in [0.1, 0.15) is 5.82 Å². The Balaban J connectivity index is 1.95. The second-order valence-electron chi connectivity index (χ2n) is 4.42. The predicted octanol–water partition coefficient (Wildman–Crippen LogP) is 1.45. The van der Waals surface area contributed by atoms with E-state index in [1.807, 2.05) is 31.0 Å². The first-order valence-corrected chi connectivity index (χ1v) is 6.16. The van der Waals surface area contributed by atoms with Gasteiger partial charge in [0.25, 0.3) is 0 Å². The molecule has 0 bridgehead atoms. The highest BCUT2D eigenvalue weighted by Crippen LogP contribution is 2.14. The highest BCUT2D eigenvalue weighted by molar-refractivity contribution is 5.76. The molecular formula is C13H19N3O. The molecule has 0 N–H and O–H groups in total. The zero-order valence-corrected chi connectivity index (χ0v) is 10.5. The number of nitrogens with zero attached hydrogens (tertiary/aromatic N) is 3. The lowest BCUT2D eigenvalue weighted by molar-refractivity contribution is -0.131. The molecule has 92 valence electrons. The van der Waals surface area contributed by atoms with Crippen LogP contribution in [0.3, 0.4) is 0 Å². The van der Waals surface area contributed by atoms with Crippen LogP contribution in [-0.2, 0) is 4.79 Å². The molecule has 0 unspecified atom stereocenters. The molecule has 0 radical (unpaired) electrons. The Morgan fingerprint density at radius 2 is 2.00 bits per heavy atom. The number of hydrogen-bond acceptors (Lipinski definition) is 3. The average molecular weight is 233 g/mol. The maximum absolute atomic E-state index is 11.5. The fourth-order valence-corrected chi connectivity index (χ4v) is 2.06. The van der Waals surface area contributed by atoms with Crippen molar-refractivity contribution in [2.45, 2.75) is 20.3 Å². The highest BCUT2D eigenvalue weighted by atomic mass is 16.2. The SMILES string of the molecule is CCC(=O)N1CCN(c2ccc(C)cn2)CC1. The van der Waals surface area contributed by atoms with Crippen LogP contribution in [0, 0.1) is 6.92 Å². The van der Waals surface area contributed by atoms with Crippen molar-refractivity contribution in [3.63, 3.8) is 0 Å². The van der Waals surface area contributed by atoms with Gasteiger partial charge in [-0.05, 0) is 18.6 Å². The fourth-order valence-electron chi connectivity index (χ4n) is 2.06. The highest BCUT2D eigenvalue weighted by Gasteiger charge is 2.20. The lowest BCUT2D eigenvalue weighted by atomic mass is 10.2. The molecular weight excluding hydrogens is 214 g/mol. The van der Waals surface area contributed by atoms with Gasteiger partial charge in [0.2, 0.25) is 5.91 Å². The van der Waals surface area contributed by atoms with E-state index in [9.17, 15) is 4.79 Å². The van der Waals surface area contributed by atoms with Crippen LogP contribution in [0.1, 0.15) is 18.9 Å². The van der Waals surface area contributed by atoms with Crippen molar-refractivity contribution in [3.05, 3.63) is 23.9 Å². The molecule has 4 nitrogen and oxygen atoms in total. The van der Waals surface area contributed by atoms with Crippen molar-refractivity contribution >= 4 is 11.7 Å². The zero-order valence-electron chi connectivity index (χ0n) is 10.5. The van der Waals surface area contributed by atoms with E-state index in [1.54, 1.807) is 0 Å². The van der Waals surface area contributed by atoms with Crippen molar-refractivity contribution in [2.24, 2.45) is 0 Å². The molecule has 1 saturated heterocycles. The van der Waals surface area contributed by atoms with Crippen LogP contribution >= 0.6 is 0 Å². The van der Waals surface area contributed by atoms with E-state index >= 15 is 0 Å². The molecule has 1 aliphatic rings. The van der Waals surface area contributed by atoms with Gasteiger partial charge in [0.05, 0.1) is 0 Å². The van der Waals surface area contributed by atoms with Gasteiger partial charge >= 0.3 is 0 Å². The number of aryl methyl sites for hydroxylation is 1. The molecule has 1 amide bonds. The molecule has 1 aromatic rings. The smallest absolute Gasteiger partial charge is 0.222 e. The minimum atomic E-state index is 0.251. The number of carbonyl (C=O) groups is 1. The Morgan fingerprint density at radius 3 is 2.53 bits per heavy atom. The third kappa shape index (κ3) is 2.75. The van der Waals surface area contributed by atoms with Crippen LogP contribution in [0.25, 0.3) is 0 Å². The molecule has 0 aliphatic carbocycles. The number of aromatic nitrogens is 1. The van der Waals surface area contributed by atoms with Crippen molar-refractivity contribution in [2.75, 3.05) is 31.1 Å². The third-order valence-corrected chi connectivity index (χ3v) is 3.15. The minimum absolute atomic E-state index is 0.251. The molecule has 0 spiro atoms. The fraction of sp³-hybridized carbons (Fsp3) is 0.538. The summed E-state index contributed by atoms with van der Waals surface area (Å²) in [7, 11) is 0. The minimum Gasteiger partial charge on any atom is -0.353 e. The zero-order chi connectivity index (χ0) is 12.3. The third-order valence-electron chi connectivity index (χ3n) is 3.15. The van der Waals surface area contributed by atoms with E-state index in [0.717, 1.165) is 32.0 Å². The summed E-state index contributed by atoms with van der Waals surface area (Å²) in [6.45, 7) is 7.32. The largest absolute Gasteiger partial charge is 0.353 e. The van der Waals surface area contributed by atoms with Crippen LogP contribution in [0.5, 0.6) is 0 Å². The summed E-state index contributed by atoms with van der Waals surface area (Å²) in [4.78, 5) is 20.1. The summed E-state index contributed by atoms with van der Waals surface area (Å²) in [5.74, 6) is 1.26. The van der Waals surface area contributed by atoms with E-state index in [-0.39, 0.29) is 5.91 Å². The summed E-state index contributed by atoms with van der Waals surface area (Å²) >= 11 is 0. The van der Waals surface area contributed by atoms with Gasteiger partial charge in [0.15, 0.2) is 0 Å². The van der Waals surface area contributed by atoms with Crippen LogP contribution < -0.4 is 4.90 Å². The van der Waals surface area contributed by atoms with Gasteiger partial charge in [-0.2, -0.15) is 0 Å². The standard InChI is InChI=1S/C13H19N3O/c1-3-13(17)16-8-6-15(7-9-16)12-5-4-11(2)10-14-12/h4-5,10H,3,6-9H2,1-2H3. The van der Waals surface area contributed by atoms with Gasteiger partial charge < -0.3 is 9.80 Å². The van der Waals surface area contributed by atoms with Crippen LogP contribution in [0.2, 0.25) is 0 Å². The van der Waals surface area contributed by atoms with Gasteiger partial charge in [-0.3, -0.25) is 4.79 Å². The number of carbonyl (C=O) groups excluding carboxylic acids is 1. The lowest BCUT2D eigenvalue weighted by Gasteiger charge is -2.35. The van der Waals surface area contributed by atoms with E-state index in [0.29, 0.717) is 6.42 Å². The summed E-state index contributed by atoms with van der Waals surface area (Å²) in [6.07, 6.45) is 2.49. The summed E-state index contributed by atoms with van der Waals surface area (Å²) in [6, 6.07) is 4.12. The summed E-state index contributed by atoms with van der Waals surface area (Å²) in [5.41, 5.74) is 1.17. The molecule has 2 rings (SSSR count). The predicted molar refractivity (Wildman–Crippen MR) is 68.1 cm³/mol. The van der Waals surface area contributed by atoms with E-state index < -0.39 is 0 Å². The lowest BCUT2D eigenvalue weighted by Crippen LogP contribution is -2.48. The Morgan fingerprint density at radius 1 is 1.29 bits per heavy atom. The number of rotatable bonds is 2. The maximum Gasteiger partial charge on any atom is 0.222 e. The number of amides is 1. The molecule has 1 fully saturated rings. The number of piperazine rings is 1. The first-order valence-electron chi connectivity index (χ1n) is 6.16. The van der Waals surface area contributed by atoms with Gasteiger partial charge in [-0.15, -0.1) is 0 Å². The first-order chi connectivity index (χ1) is 8.20. The monoisotopic (exact) mass is 233 g/mol. The molecule has 1 aromatic heterocycles. The normalized spacial score (nSPS) is 16.1. The maximum atomic E-state index is 11.5. The summed E-state index contributed by atoms with van der Waals surface area (Å²) < 4.78 is 0. The number of anilines is 1. The molecule has 4 heteroatoms. The Hall–Kier alpha value is -1.58.